The lowest BCUT2D eigenvalue weighted by Gasteiger charge is -2.14. The summed E-state index contributed by atoms with van der Waals surface area (Å²) in [5.41, 5.74) is 3.06. The Hall–Kier alpha value is -3.47. The molecule has 0 aliphatic carbocycles. The topological polar surface area (TPSA) is 56.8 Å². The van der Waals surface area contributed by atoms with Crippen LogP contribution in [0.25, 0.3) is 0 Å². The predicted octanol–water partition coefficient (Wildman–Crippen LogP) is 5.23. The van der Waals surface area contributed by atoms with E-state index in [1.165, 1.54) is 0 Å². The first-order chi connectivity index (χ1) is 14.1. The highest BCUT2D eigenvalue weighted by Gasteiger charge is 2.13. The smallest absolute Gasteiger partial charge is 0.255 e. The quantitative estimate of drug-likeness (QED) is 0.571. The average molecular weight is 391 g/mol. The summed E-state index contributed by atoms with van der Waals surface area (Å²) >= 11 is 0. The number of carbonyl (C=O) groups is 1. The van der Waals surface area contributed by atoms with Crippen molar-refractivity contribution in [2.75, 3.05) is 19.0 Å². The molecule has 0 spiro atoms. The lowest BCUT2D eigenvalue weighted by Crippen LogP contribution is -2.14. The van der Waals surface area contributed by atoms with Crippen LogP contribution >= 0.6 is 0 Å². The molecule has 1 N–H and O–H groups in total. The molecule has 0 unspecified atom stereocenters. The fourth-order valence-corrected chi connectivity index (χ4v) is 2.94. The number of anilines is 1. The Morgan fingerprint density at radius 1 is 0.931 bits per heavy atom. The molecule has 0 atom stereocenters. The van der Waals surface area contributed by atoms with E-state index in [9.17, 15) is 4.79 Å². The molecule has 3 aromatic rings. The van der Waals surface area contributed by atoms with E-state index < -0.39 is 0 Å². The highest BCUT2D eigenvalue weighted by Crippen LogP contribution is 2.26. The third-order valence-corrected chi connectivity index (χ3v) is 4.36. The van der Waals surface area contributed by atoms with Gasteiger partial charge in [-0.05, 0) is 61.9 Å². The van der Waals surface area contributed by atoms with Crippen molar-refractivity contribution >= 4 is 11.6 Å². The molecule has 5 heteroatoms. The molecule has 0 saturated heterocycles. The monoisotopic (exact) mass is 391 g/mol. The second-order valence-corrected chi connectivity index (χ2v) is 6.52. The Kier molecular flexibility index (Phi) is 6.74. The van der Waals surface area contributed by atoms with Crippen LogP contribution in [0.2, 0.25) is 0 Å². The summed E-state index contributed by atoms with van der Waals surface area (Å²) < 4.78 is 16.9. The van der Waals surface area contributed by atoms with Crippen LogP contribution in [0.3, 0.4) is 0 Å². The van der Waals surface area contributed by atoms with Crippen molar-refractivity contribution in [3.8, 4) is 17.2 Å². The zero-order valence-corrected chi connectivity index (χ0v) is 16.9. The van der Waals surface area contributed by atoms with Crippen molar-refractivity contribution in [2.24, 2.45) is 0 Å². The second-order valence-electron chi connectivity index (χ2n) is 6.52. The molecular weight excluding hydrogens is 366 g/mol. The van der Waals surface area contributed by atoms with E-state index in [-0.39, 0.29) is 5.91 Å². The fourth-order valence-electron chi connectivity index (χ4n) is 2.94. The van der Waals surface area contributed by atoms with Gasteiger partial charge in [-0.3, -0.25) is 4.79 Å². The number of nitrogens with one attached hydrogen (secondary N) is 1. The van der Waals surface area contributed by atoms with Crippen LogP contribution in [-0.4, -0.2) is 19.6 Å². The number of para-hydroxylation sites is 2. The molecule has 3 rings (SSSR count). The van der Waals surface area contributed by atoms with Gasteiger partial charge in [0.25, 0.3) is 5.91 Å². The molecule has 0 aliphatic rings. The zero-order chi connectivity index (χ0) is 20.6. The molecule has 0 aromatic heterocycles. The maximum absolute atomic E-state index is 12.8. The molecule has 29 heavy (non-hydrogen) atoms. The molecule has 0 saturated carbocycles. The first kappa shape index (κ1) is 20.3. The van der Waals surface area contributed by atoms with E-state index in [0.717, 1.165) is 16.9 Å². The number of aryl methyl sites for hydroxylation is 1. The average Bonchev–Trinajstić information content (AvgIpc) is 2.73. The van der Waals surface area contributed by atoms with Crippen molar-refractivity contribution in [3.63, 3.8) is 0 Å². The normalized spacial score (nSPS) is 10.3. The first-order valence-electron chi connectivity index (χ1n) is 9.50. The van der Waals surface area contributed by atoms with Crippen LogP contribution < -0.4 is 19.5 Å². The van der Waals surface area contributed by atoms with Gasteiger partial charge in [-0.25, -0.2) is 0 Å². The second kappa shape index (κ2) is 9.64. The van der Waals surface area contributed by atoms with Gasteiger partial charge in [0.05, 0.1) is 19.4 Å². The van der Waals surface area contributed by atoms with Crippen LogP contribution in [0, 0.1) is 6.92 Å². The zero-order valence-electron chi connectivity index (χ0n) is 16.9. The minimum Gasteiger partial charge on any atom is -0.496 e. The van der Waals surface area contributed by atoms with Gasteiger partial charge < -0.3 is 19.5 Å². The van der Waals surface area contributed by atoms with E-state index in [1.54, 1.807) is 25.3 Å². The van der Waals surface area contributed by atoms with Crippen LogP contribution in [0.4, 0.5) is 5.69 Å². The number of amides is 1. The van der Waals surface area contributed by atoms with E-state index in [4.69, 9.17) is 14.2 Å². The molecule has 0 bridgehead atoms. The maximum atomic E-state index is 12.8. The molecular formula is C24H25NO4. The molecule has 150 valence electrons. The van der Waals surface area contributed by atoms with Gasteiger partial charge in [-0.15, -0.1) is 0 Å². The SMILES string of the molecule is CCOc1ccccc1NC(=O)c1ccc(OC)c(COc2cccc(C)c2)c1. The van der Waals surface area contributed by atoms with Crippen molar-refractivity contribution < 1.29 is 19.0 Å². The van der Waals surface area contributed by atoms with E-state index >= 15 is 0 Å². The predicted molar refractivity (Wildman–Crippen MR) is 114 cm³/mol. The van der Waals surface area contributed by atoms with Crippen molar-refractivity contribution in [3.05, 3.63) is 83.4 Å². The summed E-state index contributed by atoms with van der Waals surface area (Å²) in [4.78, 5) is 12.8. The third-order valence-electron chi connectivity index (χ3n) is 4.36. The fraction of sp³-hybridized carbons (Fsp3) is 0.208. The number of carbonyl (C=O) groups excluding carboxylic acids is 1. The maximum Gasteiger partial charge on any atom is 0.255 e. The van der Waals surface area contributed by atoms with Crippen molar-refractivity contribution in [2.45, 2.75) is 20.5 Å². The van der Waals surface area contributed by atoms with Crippen molar-refractivity contribution in [1.82, 2.24) is 0 Å². The molecule has 0 fully saturated rings. The van der Waals surface area contributed by atoms with E-state index in [1.807, 2.05) is 62.4 Å². The molecule has 0 aliphatic heterocycles. The molecule has 3 aromatic carbocycles. The molecule has 0 radical (unpaired) electrons. The van der Waals surface area contributed by atoms with Crippen LogP contribution in [-0.2, 0) is 6.61 Å². The van der Waals surface area contributed by atoms with Crippen LogP contribution in [0.15, 0.2) is 66.7 Å². The highest BCUT2D eigenvalue weighted by atomic mass is 16.5. The summed E-state index contributed by atoms with van der Waals surface area (Å²) in [7, 11) is 1.60. The Labute approximate surface area is 171 Å². The Balaban J connectivity index is 1.78. The van der Waals surface area contributed by atoms with Crippen LogP contribution in [0.5, 0.6) is 17.2 Å². The number of rotatable bonds is 8. The number of hydrogen-bond acceptors (Lipinski definition) is 4. The summed E-state index contributed by atoms with van der Waals surface area (Å²) in [6.07, 6.45) is 0. The first-order valence-corrected chi connectivity index (χ1v) is 9.50. The molecule has 1 amide bonds. The minimum atomic E-state index is -0.225. The van der Waals surface area contributed by atoms with Gasteiger partial charge in [0.15, 0.2) is 0 Å². The lowest BCUT2D eigenvalue weighted by atomic mass is 10.1. The summed E-state index contributed by atoms with van der Waals surface area (Å²) in [6, 6.07) is 20.5. The summed E-state index contributed by atoms with van der Waals surface area (Å²) in [6.45, 7) is 4.74. The Bertz CT molecular complexity index is 984. The van der Waals surface area contributed by atoms with E-state index in [0.29, 0.717) is 36.0 Å². The Morgan fingerprint density at radius 2 is 1.76 bits per heavy atom. The number of ether oxygens (including phenoxy) is 3. The number of benzene rings is 3. The number of hydrogen-bond donors (Lipinski definition) is 1. The van der Waals surface area contributed by atoms with Crippen LogP contribution in [0.1, 0.15) is 28.4 Å². The van der Waals surface area contributed by atoms with Gasteiger partial charge in [0.1, 0.15) is 23.9 Å². The summed E-state index contributed by atoms with van der Waals surface area (Å²) in [5.74, 6) is 1.85. The van der Waals surface area contributed by atoms with Gasteiger partial charge in [0, 0.05) is 11.1 Å². The molecule has 5 nitrogen and oxygen atoms in total. The van der Waals surface area contributed by atoms with Gasteiger partial charge in [-0.1, -0.05) is 24.3 Å². The highest BCUT2D eigenvalue weighted by molar-refractivity contribution is 6.05. The minimum absolute atomic E-state index is 0.225. The third kappa shape index (κ3) is 5.29. The van der Waals surface area contributed by atoms with Gasteiger partial charge >= 0.3 is 0 Å². The summed E-state index contributed by atoms with van der Waals surface area (Å²) in [5, 5.41) is 2.91. The largest absolute Gasteiger partial charge is 0.496 e. The number of methoxy groups -OCH3 is 1. The van der Waals surface area contributed by atoms with Crippen molar-refractivity contribution in [1.29, 1.82) is 0 Å². The van der Waals surface area contributed by atoms with Gasteiger partial charge in [0.2, 0.25) is 0 Å². The Morgan fingerprint density at radius 3 is 2.52 bits per heavy atom. The lowest BCUT2D eigenvalue weighted by molar-refractivity contribution is 0.102. The van der Waals surface area contributed by atoms with Gasteiger partial charge in [-0.2, -0.15) is 0 Å². The standard InChI is InChI=1S/C24H25NO4/c1-4-28-23-11-6-5-10-21(23)25-24(26)18-12-13-22(27-3)19(15-18)16-29-20-9-7-8-17(2)14-20/h5-15H,4,16H2,1-3H3,(H,25,26). The van der Waals surface area contributed by atoms with E-state index in [2.05, 4.69) is 5.32 Å². The molecule has 0 heterocycles.